The van der Waals surface area contributed by atoms with Gasteiger partial charge in [0.2, 0.25) is 0 Å². The number of aromatic nitrogens is 6. The Kier molecular flexibility index (Phi) is 6.97. The van der Waals surface area contributed by atoms with Gasteiger partial charge in [0.05, 0.1) is 17.7 Å². The lowest BCUT2D eigenvalue weighted by molar-refractivity contribution is 0.0820. The molecule has 0 bridgehead atoms. The van der Waals surface area contributed by atoms with Crippen molar-refractivity contribution in [2.45, 2.75) is 78.2 Å². The molecule has 4 atom stereocenters. The molecule has 1 aromatic carbocycles. The third-order valence-electron chi connectivity index (χ3n) is 8.30. The predicted molar refractivity (Wildman–Crippen MR) is 150 cm³/mol. The van der Waals surface area contributed by atoms with E-state index >= 15 is 0 Å². The van der Waals surface area contributed by atoms with Crippen molar-refractivity contribution in [2.24, 2.45) is 5.92 Å². The van der Waals surface area contributed by atoms with E-state index in [2.05, 4.69) is 52.3 Å². The monoisotopic (exact) mass is 554 g/mol. The van der Waals surface area contributed by atoms with E-state index < -0.39 is 0 Å². The van der Waals surface area contributed by atoms with Gasteiger partial charge in [-0.2, -0.15) is 4.98 Å². The summed E-state index contributed by atoms with van der Waals surface area (Å²) in [6, 6.07) is 5.60. The lowest BCUT2D eigenvalue weighted by Crippen LogP contribution is -2.58. The van der Waals surface area contributed by atoms with Crippen LogP contribution in [-0.2, 0) is 11.3 Å². The average molecular weight is 555 g/mol. The van der Waals surface area contributed by atoms with Crippen molar-refractivity contribution in [1.29, 1.82) is 0 Å². The normalized spacial score (nSPS) is 23.5. The van der Waals surface area contributed by atoms with Crippen LogP contribution in [0.25, 0.3) is 16.9 Å². The van der Waals surface area contributed by atoms with Crippen LogP contribution in [0.2, 0.25) is 5.02 Å². The van der Waals surface area contributed by atoms with Crippen molar-refractivity contribution in [2.75, 3.05) is 24.6 Å². The van der Waals surface area contributed by atoms with Gasteiger partial charge in [0, 0.05) is 37.8 Å². The minimum Gasteiger partial charge on any atom is -0.376 e. The van der Waals surface area contributed by atoms with Gasteiger partial charge in [-0.15, -0.1) is 10.2 Å². The zero-order chi connectivity index (χ0) is 27.4. The van der Waals surface area contributed by atoms with Gasteiger partial charge in [0.1, 0.15) is 23.5 Å². The molecule has 2 aliphatic heterocycles. The molecule has 39 heavy (non-hydrogen) atoms. The number of ether oxygens (including phenoxy) is 1. The van der Waals surface area contributed by atoms with E-state index in [1.807, 2.05) is 17.4 Å². The van der Waals surface area contributed by atoms with Crippen molar-refractivity contribution < 1.29 is 9.13 Å². The molecule has 9 nitrogen and oxygen atoms in total. The molecule has 0 N–H and O–H groups in total. The molecule has 6 rings (SSSR count). The Morgan fingerprint density at radius 1 is 1.15 bits per heavy atom. The Hall–Kier alpha value is -2.82. The first-order chi connectivity index (χ1) is 18.7. The summed E-state index contributed by atoms with van der Waals surface area (Å²) >= 11 is 6.00. The molecule has 2 fully saturated rings. The third-order valence-corrected chi connectivity index (χ3v) is 8.60. The number of fused-ring (bicyclic) bond motifs is 3. The van der Waals surface area contributed by atoms with Crippen LogP contribution in [0.1, 0.15) is 58.0 Å². The van der Waals surface area contributed by atoms with E-state index in [1.165, 1.54) is 0 Å². The highest BCUT2D eigenvalue weighted by molar-refractivity contribution is 6.30. The number of aryl methyl sites for hydroxylation is 1. The molecular formula is C28H36ClFN8O. The molecule has 4 aromatic rings. The van der Waals surface area contributed by atoms with Gasteiger partial charge in [-0.3, -0.25) is 4.90 Å². The second-order valence-electron chi connectivity index (χ2n) is 11.4. The first kappa shape index (κ1) is 26.4. The maximum atomic E-state index is 14.4. The summed E-state index contributed by atoms with van der Waals surface area (Å²) in [6.07, 6.45) is 4.03. The largest absolute Gasteiger partial charge is 0.376 e. The highest BCUT2D eigenvalue weighted by Gasteiger charge is 2.37. The van der Waals surface area contributed by atoms with E-state index in [-0.39, 0.29) is 35.1 Å². The van der Waals surface area contributed by atoms with Crippen LogP contribution in [0.5, 0.6) is 0 Å². The zero-order valence-electron chi connectivity index (χ0n) is 23.2. The molecule has 0 amide bonds. The Morgan fingerprint density at radius 3 is 2.69 bits per heavy atom. The van der Waals surface area contributed by atoms with Gasteiger partial charge >= 0.3 is 0 Å². The first-order valence-corrected chi connectivity index (χ1v) is 14.3. The fourth-order valence-corrected chi connectivity index (χ4v) is 6.57. The van der Waals surface area contributed by atoms with Crippen LogP contribution in [-0.4, -0.2) is 71.9 Å². The number of rotatable bonds is 6. The van der Waals surface area contributed by atoms with E-state index in [0.29, 0.717) is 11.7 Å². The van der Waals surface area contributed by atoms with E-state index in [0.717, 1.165) is 67.5 Å². The lowest BCUT2D eigenvalue weighted by atomic mass is 9.91. The zero-order valence-corrected chi connectivity index (χ0v) is 23.9. The summed E-state index contributed by atoms with van der Waals surface area (Å²) in [5.41, 5.74) is 2.76. The molecule has 0 radical (unpaired) electrons. The van der Waals surface area contributed by atoms with Crippen LogP contribution < -0.4 is 4.90 Å². The average Bonchev–Trinajstić information content (AvgIpc) is 3.64. The molecule has 2 aliphatic rings. The molecule has 3 aromatic heterocycles. The number of piperazine rings is 1. The first-order valence-electron chi connectivity index (χ1n) is 13.9. The van der Waals surface area contributed by atoms with Crippen LogP contribution in [0.3, 0.4) is 0 Å². The summed E-state index contributed by atoms with van der Waals surface area (Å²) in [6.45, 7) is 14.0. The standard InChI is InChI=1S/C28H36ClFN8O/c1-16(2)25(20-8-9-22(29)23(30)11-20)35-12-18(4)36(13-17(35)3)26-24-27(38-15-31-34-28(38)33-26)37(19(5)32-24)14-21-7-6-10-39-21/h8-9,11,15-18,21,25H,6-7,10,12-14H2,1-5H3/t17-,18+,21+,25?/m1/s1. The second-order valence-corrected chi connectivity index (χ2v) is 11.8. The molecule has 0 aliphatic carbocycles. The molecular weight excluding hydrogens is 519 g/mol. The molecule has 0 saturated carbocycles. The smallest absolute Gasteiger partial charge is 0.258 e. The fraction of sp³-hybridized carbons (Fsp3) is 0.571. The van der Waals surface area contributed by atoms with Gasteiger partial charge in [-0.05, 0) is 57.2 Å². The van der Waals surface area contributed by atoms with E-state index in [1.54, 1.807) is 18.5 Å². The molecule has 208 valence electrons. The highest BCUT2D eigenvalue weighted by Crippen LogP contribution is 2.37. The van der Waals surface area contributed by atoms with Crippen LogP contribution in [0, 0.1) is 18.7 Å². The maximum Gasteiger partial charge on any atom is 0.258 e. The van der Waals surface area contributed by atoms with E-state index in [4.69, 9.17) is 26.3 Å². The van der Waals surface area contributed by atoms with E-state index in [9.17, 15) is 4.39 Å². The summed E-state index contributed by atoms with van der Waals surface area (Å²) in [7, 11) is 0. The van der Waals surface area contributed by atoms with Crippen LogP contribution in [0.4, 0.5) is 10.2 Å². The van der Waals surface area contributed by atoms with Gasteiger partial charge in [-0.25, -0.2) is 13.8 Å². The molecule has 0 spiro atoms. The van der Waals surface area contributed by atoms with Gasteiger partial charge in [0.25, 0.3) is 5.78 Å². The van der Waals surface area contributed by atoms with Crippen molar-refractivity contribution in [3.8, 4) is 0 Å². The minimum absolute atomic E-state index is 0.0659. The van der Waals surface area contributed by atoms with Crippen LogP contribution >= 0.6 is 11.6 Å². The Bertz CT molecular complexity index is 1500. The van der Waals surface area contributed by atoms with Crippen LogP contribution in [0.15, 0.2) is 24.5 Å². The second kappa shape index (κ2) is 10.3. The Balaban J connectivity index is 1.37. The Labute approximate surface area is 232 Å². The fourth-order valence-electron chi connectivity index (χ4n) is 6.45. The summed E-state index contributed by atoms with van der Waals surface area (Å²) in [5.74, 6) is 2.23. The topological polar surface area (TPSA) is 76.6 Å². The minimum atomic E-state index is -0.374. The number of nitrogens with zero attached hydrogens (tertiary/aromatic N) is 8. The number of imidazole rings is 1. The molecule has 1 unspecified atom stereocenters. The number of anilines is 1. The molecule has 2 saturated heterocycles. The summed E-state index contributed by atoms with van der Waals surface area (Å²) in [4.78, 5) is 14.8. The number of halogens is 2. The third kappa shape index (κ3) is 4.66. The molecule has 11 heteroatoms. The predicted octanol–water partition coefficient (Wildman–Crippen LogP) is 5.05. The van der Waals surface area contributed by atoms with Gasteiger partial charge in [-0.1, -0.05) is 31.5 Å². The quantitative estimate of drug-likeness (QED) is 0.330. The highest BCUT2D eigenvalue weighted by atomic mass is 35.5. The Morgan fingerprint density at radius 2 is 1.97 bits per heavy atom. The number of benzene rings is 1. The lowest BCUT2D eigenvalue weighted by Gasteiger charge is -2.49. The molecule has 5 heterocycles. The number of hydrogen-bond donors (Lipinski definition) is 0. The maximum absolute atomic E-state index is 14.4. The summed E-state index contributed by atoms with van der Waals surface area (Å²) < 4.78 is 24.6. The number of hydrogen-bond acceptors (Lipinski definition) is 7. The van der Waals surface area contributed by atoms with Crippen molar-refractivity contribution in [3.63, 3.8) is 0 Å². The summed E-state index contributed by atoms with van der Waals surface area (Å²) in [5, 5.41) is 8.64. The SMILES string of the molecule is Cc1nc2c(N3C[C@@H](C)N(C(c4ccc(Cl)c(F)c4)C(C)C)C[C@@H]3C)nc3nncn3c2n1C[C@@H]1CCCO1. The van der Waals surface area contributed by atoms with Gasteiger partial charge < -0.3 is 14.2 Å². The van der Waals surface area contributed by atoms with Gasteiger partial charge in [0.15, 0.2) is 11.5 Å². The van der Waals surface area contributed by atoms with Crippen molar-refractivity contribution in [3.05, 3.63) is 46.8 Å². The van der Waals surface area contributed by atoms with Crippen molar-refractivity contribution in [1.82, 2.24) is 34.0 Å². The van der Waals surface area contributed by atoms with Crippen molar-refractivity contribution >= 4 is 34.4 Å².